The second kappa shape index (κ2) is 5.76. The topological polar surface area (TPSA) is 38.7 Å². The van der Waals surface area contributed by atoms with E-state index < -0.39 is 6.10 Å². The van der Waals surface area contributed by atoms with Gasteiger partial charge in [0.25, 0.3) is 0 Å². The van der Waals surface area contributed by atoms with Gasteiger partial charge in [-0.3, -0.25) is 0 Å². The standard InChI is InChI=1S/C17H16O3S/c1-19-14-6-5-11-9-13(4-3-12(11)10-14)16(18)17-15(20-2)7-8-21-17/h3-10,16,18H,1-2H3. The van der Waals surface area contributed by atoms with E-state index in [0.29, 0.717) is 0 Å². The number of fused-ring (bicyclic) bond motifs is 1. The van der Waals surface area contributed by atoms with Crippen molar-refractivity contribution in [2.45, 2.75) is 6.10 Å². The number of aliphatic hydroxyl groups excluding tert-OH is 1. The third-order valence-electron chi connectivity index (χ3n) is 3.51. The summed E-state index contributed by atoms with van der Waals surface area (Å²) >= 11 is 1.49. The van der Waals surface area contributed by atoms with Gasteiger partial charge in [0, 0.05) is 0 Å². The molecule has 0 aliphatic rings. The van der Waals surface area contributed by atoms with Gasteiger partial charge in [-0.25, -0.2) is 0 Å². The van der Waals surface area contributed by atoms with E-state index in [-0.39, 0.29) is 0 Å². The molecule has 0 aliphatic heterocycles. The summed E-state index contributed by atoms with van der Waals surface area (Å²) in [5, 5.41) is 14.6. The Morgan fingerprint density at radius 3 is 2.48 bits per heavy atom. The maximum absolute atomic E-state index is 10.6. The Balaban J connectivity index is 2.01. The van der Waals surface area contributed by atoms with Crippen LogP contribution in [-0.4, -0.2) is 19.3 Å². The Bertz CT molecular complexity index is 764. The van der Waals surface area contributed by atoms with Gasteiger partial charge in [0.05, 0.1) is 19.1 Å². The number of methoxy groups -OCH3 is 2. The maximum atomic E-state index is 10.6. The summed E-state index contributed by atoms with van der Waals surface area (Å²) in [7, 11) is 3.27. The lowest BCUT2D eigenvalue weighted by Crippen LogP contribution is -1.99. The van der Waals surface area contributed by atoms with E-state index in [1.807, 2.05) is 47.8 Å². The number of hydrogen-bond donors (Lipinski definition) is 1. The summed E-state index contributed by atoms with van der Waals surface area (Å²) in [6.45, 7) is 0. The summed E-state index contributed by atoms with van der Waals surface area (Å²) < 4.78 is 10.5. The van der Waals surface area contributed by atoms with Crippen LogP contribution in [0.25, 0.3) is 10.8 Å². The van der Waals surface area contributed by atoms with Crippen LogP contribution in [0, 0.1) is 0 Å². The van der Waals surface area contributed by atoms with Gasteiger partial charge in [-0.05, 0) is 46.0 Å². The summed E-state index contributed by atoms with van der Waals surface area (Å²) in [6, 6.07) is 13.7. The molecule has 0 radical (unpaired) electrons. The SMILES string of the molecule is COc1ccc2cc(C(O)c3sccc3OC)ccc2c1. The minimum absolute atomic E-state index is 0.675. The van der Waals surface area contributed by atoms with Crippen LogP contribution < -0.4 is 9.47 Å². The summed E-state index contributed by atoms with van der Waals surface area (Å²) in [5.41, 5.74) is 0.855. The normalized spacial score (nSPS) is 12.3. The molecule has 1 heterocycles. The van der Waals surface area contributed by atoms with Crippen LogP contribution in [0.5, 0.6) is 11.5 Å². The van der Waals surface area contributed by atoms with Crippen LogP contribution in [0.15, 0.2) is 47.8 Å². The zero-order chi connectivity index (χ0) is 14.8. The molecule has 3 rings (SSSR count). The van der Waals surface area contributed by atoms with Crippen molar-refractivity contribution in [3.05, 3.63) is 58.3 Å². The Hall–Kier alpha value is -2.04. The molecule has 0 fully saturated rings. The lowest BCUT2D eigenvalue weighted by atomic mass is 10.0. The molecule has 1 aromatic heterocycles. The van der Waals surface area contributed by atoms with E-state index in [4.69, 9.17) is 9.47 Å². The molecule has 2 aromatic carbocycles. The lowest BCUT2D eigenvalue weighted by molar-refractivity contribution is 0.219. The van der Waals surface area contributed by atoms with Crippen LogP contribution >= 0.6 is 11.3 Å². The summed E-state index contributed by atoms with van der Waals surface area (Å²) in [4.78, 5) is 0.824. The average molecular weight is 300 g/mol. The Morgan fingerprint density at radius 2 is 1.71 bits per heavy atom. The van der Waals surface area contributed by atoms with Crippen LogP contribution in [0.2, 0.25) is 0 Å². The molecule has 1 unspecified atom stereocenters. The van der Waals surface area contributed by atoms with Gasteiger partial charge in [-0.2, -0.15) is 0 Å². The minimum atomic E-state index is -0.675. The number of benzene rings is 2. The first-order valence-electron chi connectivity index (χ1n) is 6.60. The molecule has 1 atom stereocenters. The summed E-state index contributed by atoms with van der Waals surface area (Å²) in [5.74, 6) is 1.55. The number of ether oxygens (including phenoxy) is 2. The van der Waals surface area contributed by atoms with E-state index in [9.17, 15) is 5.11 Å². The first kappa shape index (κ1) is 13.9. The van der Waals surface area contributed by atoms with Gasteiger partial charge < -0.3 is 14.6 Å². The minimum Gasteiger partial charge on any atom is -0.497 e. The van der Waals surface area contributed by atoms with E-state index in [2.05, 4.69) is 0 Å². The van der Waals surface area contributed by atoms with Gasteiger partial charge >= 0.3 is 0 Å². The molecule has 0 amide bonds. The monoisotopic (exact) mass is 300 g/mol. The predicted molar refractivity (Wildman–Crippen MR) is 85.4 cm³/mol. The molecule has 0 spiro atoms. The highest BCUT2D eigenvalue weighted by atomic mass is 32.1. The molecule has 0 aliphatic carbocycles. The third kappa shape index (κ3) is 2.60. The van der Waals surface area contributed by atoms with Gasteiger partial charge in [0.1, 0.15) is 17.6 Å². The van der Waals surface area contributed by atoms with Crippen molar-refractivity contribution in [3.63, 3.8) is 0 Å². The maximum Gasteiger partial charge on any atom is 0.135 e. The Labute approximate surface area is 127 Å². The van der Waals surface area contributed by atoms with Crippen molar-refractivity contribution in [1.29, 1.82) is 0 Å². The highest BCUT2D eigenvalue weighted by Crippen LogP contribution is 2.35. The molecule has 0 saturated heterocycles. The predicted octanol–water partition coefficient (Wildman–Crippen LogP) is 4.00. The lowest BCUT2D eigenvalue weighted by Gasteiger charge is -2.12. The second-order valence-corrected chi connectivity index (χ2v) is 5.68. The second-order valence-electron chi connectivity index (χ2n) is 4.73. The summed E-state index contributed by atoms with van der Waals surface area (Å²) in [6.07, 6.45) is -0.675. The van der Waals surface area contributed by atoms with Crippen LogP contribution in [-0.2, 0) is 0 Å². The van der Waals surface area contributed by atoms with Gasteiger partial charge in [0.2, 0.25) is 0 Å². The zero-order valence-electron chi connectivity index (χ0n) is 11.9. The molecular formula is C17H16O3S. The zero-order valence-corrected chi connectivity index (χ0v) is 12.7. The highest BCUT2D eigenvalue weighted by molar-refractivity contribution is 7.10. The van der Waals surface area contributed by atoms with E-state index in [0.717, 1.165) is 32.7 Å². The fourth-order valence-electron chi connectivity index (χ4n) is 2.37. The van der Waals surface area contributed by atoms with E-state index in [1.165, 1.54) is 11.3 Å². The van der Waals surface area contributed by atoms with Gasteiger partial charge in [-0.1, -0.05) is 18.2 Å². The number of rotatable bonds is 4. The van der Waals surface area contributed by atoms with Gasteiger partial charge in [0.15, 0.2) is 0 Å². The fourth-order valence-corrected chi connectivity index (χ4v) is 3.24. The van der Waals surface area contributed by atoms with Crippen LogP contribution in [0.1, 0.15) is 16.5 Å². The molecule has 0 bridgehead atoms. The van der Waals surface area contributed by atoms with Crippen LogP contribution in [0.4, 0.5) is 0 Å². The number of aliphatic hydroxyl groups is 1. The molecule has 21 heavy (non-hydrogen) atoms. The third-order valence-corrected chi connectivity index (χ3v) is 4.46. The van der Waals surface area contributed by atoms with Crippen molar-refractivity contribution < 1.29 is 14.6 Å². The molecule has 1 N–H and O–H groups in total. The van der Waals surface area contributed by atoms with Crippen molar-refractivity contribution >= 4 is 22.1 Å². The first-order chi connectivity index (χ1) is 10.2. The molecule has 0 saturated carbocycles. The fraction of sp³-hybridized carbons (Fsp3) is 0.176. The first-order valence-corrected chi connectivity index (χ1v) is 7.48. The Morgan fingerprint density at radius 1 is 0.952 bits per heavy atom. The van der Waals surface area contributed by atoms with Crippen molar-refractivity contribution in [3.8, 4) is 11.5 Å². The number of thiophene rings is 1. The molecular weight excluding hydrogens is 284 g/mol. The average Bonchev–Trinajstić information content (AvgIpc) is 3.01. The van der Waals surface area contributed by atoms with Crippen molar-refractivity contribution in [2.24, 2.45) is 0 Å². The number of hydrogen-bond acceptors (Lipinski definition) is 4. The smallest absolute Gasteiger partial charge is 0.135 e. The van der Waals surface area contributed by atoms with E-state index >= 15 is 0 Å². The molecule has 3 aromatic rings. The van der Waals surface area contributed by atoms with Crippen LogP contribution in [0.3, 0.4) is 0 Å². The molecule has 4 heteroatoms. The molecule has 108 valence electrons. The van der Waals surface area contributed by atoms with Crippen molar-refractivity contribution in [1.82, 2.24) is 0 Å². The highest BCUT2D eigenvalue weighted by Gasteiger charge is 2.17. The van der Waals surface area contributed by atoms with Crippen molar-refractivity contribution in [2.75, 3.05) is 14.2 Å². The van der Waals surface area contributed by atoms with E-state index in [1.54, 1.807) is 14.2 Å². The molecule has 3 nitrogen and oxygen atoms in total. The quantitative estimate of drug-likeness (QED) is 0.791. The van der Waals surface area contributed by atoms with Gasteiger partial charge in [-0.15, -0.1) is 11.3 Å². The largest absolute Gasteiger partial charge is 0.497 e. The Kier molecular flexibility index (Phi) is 3.82.